The molecule has 0 aliphatic rings. The first-order valence-corrected chi connectivity index (χ1v) is 5.20. The molecule has 2 atom stereocenters. The van der Waals surface area contributed by atoms with Gasteiger partial charge in [-0.15, -0.1) is 0 Å². The van der Waals surface area contributed by atoms with Crippen LogP contribution in [0.15, 0.2) is 12.4 Å². The predicted octanol–water partition coefficient (Wildman–Crippen LogP) is 5.51. The van der Waals surface area contributed by atoms with Crippen LogP contribution in [0.25, 0.3) is 0 Å². The Bertz CT molecular complexity index is 343. The van der Waals surface area contributed by atoms with Gasteiger partial charge in [0.05, 0.1) is 6.33 Å². The van der Waals surface area contributed by atoms with Crippen molar-refractivity contribution in [1.29, 1.82) is 0 Å². The Balaban J connectivity index is 5.68. The van der Waals surface area contributed by atoms with Gasteiger partial charge in [0.15, 0.2) is 5.92 Å². The lowest BCUT2D eigenvalue weighted by Gasteiger charge is -2.33. The molecule has 0 aromatic heterocycles. The van der Waals surface area contributed by atoms with E-state index in [0.29, 0.717) is 0 Å². The highest BCUT2D eigenvalue weighted by atomic mass is 19.4. The summed E-state index contributed by atoms with van der Waals surface area (Å²) in [7, 11) is 0. The van der Waals surface area contributed by atoms with Crippen molar-refractivity contribution in [2.75, 3.05) is 0 Å². The van der Waals surface area contributed by atoms with Crippen LogP contribution in [0.2, 0.25) is 0 Å². The fourth-order valence-corrected chi connectivity index (χ4v) is 1.62. The molecule has 0 fully saturated rings. The van der Waals surface area contributed by atoms with Crippen molar-refractivity contribution in [2.45, 2.75) is 37.5 Å². The first-order valence-electron chi connectivity index (χ1n) is 5.20. The Morgan fingerprint density at radius 3 is 1.43 bits per heavy atom. The second kappa shape index (κ2) is 5.99. The van der Waals surface area contributed by atoms with E-state index in [4.69, 9.17) is 0 Å². The zero-order chi connectivity index (χ0) is 17.3. The van der Waals surface area contributed by atoms with E-state index in [1.54, 1.807) is 0 Å². The number of halogens is 11. The molecule has 21 heavy (non-hydrogen) atoms. The second-order valence-corrected chi connectivity index (χ2v) is 4.44. The molecule has 0 saturated carbocycles. The summed E-state index contributed by atoms with van der Waals surface area (Å²) in [5, 5.41) is 0. The van der Waals surface area contributed by atoms with Gasteiger partial charge in [0.1, 0.15) is 0 Å². The van der Waals surface area contributed by atoms with Crippen molar-refractivity contribution < 1.29 is 48.3 Å². The van der Waals surface area contributed by atoms with Crippen molar-refractivity contribution in [3.05, 3.63) is 12.4 Å². The second-order valence-electron chi connectivity index (χ2n) is 4.44. The third-order valence-corrected chi connectivity index (χ3v) is 2.66. The summed E-state index contributed by atoms with van der Waals surface area (Å²) in [6.07, 6.45) is -21.1. The largest absolute Gasteiger partial charge is 0.422 e. The summed E-state index contributed by atoms with van der Waals surface area (Å²) in [6.45, 7) is -0.212. The molecular formula is C10H9F11. The maximum atomic E-state index is 13.3. The van der Waals surface area contributed by atoms with Crippen LogP contribution in [0.3, 0.4) is 0 Å². The summed E-state index contributed by atoms with van der Waals surface area (Å²) < 4.78 is 136. The van der Waals surface area contributed by atoms with E-state index in [9.17, 15) is 48.3 Å². The maximum Gasteiger partial charge on any atom is 0.422 e. The summed E-state index contributed by atoms with van der Waals surface area (Å²) in [5.41, 5.74) is -4.34. The molecule has 0 spiro atoms. The summed E-state index contributed by atoms with van der Waals surface area (Å²) >= 11 is 0. The smallest absolute Gasteiger partial charge is 0.234 e. The van der Waals surface area contributed by atoms with Crippen molar-refractivity contribution in [1.82, 2.24) is 0 Å². The molecule has 0 aliphatic heterocycles. The Morgan fingerprint density at radius 2 is 1.19 bits per heavy atom. The third kappa shape index (κ3) is 5.34. The molecule has 11 heteroatoms. The van der Waals surface area contributed by atoms with Gasteiger partial charge in [0.2, 0.25) is 5.67 Å². The zero-order valence-electron chi connectivity index (χ0n) is 10.2. The van der Waals surface area contributed by atoms with Gasteiger partial charge >= 0.3 is 18.5 Å². The molecule has 0 bridgehead atoms. The lowest BCUT2D eigenvalue weighted by Crippen LogP contribution is -2.46. The first kappa shape index (κ1) is 20.0. The topological polar surface area (TPSA) is 0 Å². The molecule has 0 amide bonds. The minimum absolute atomic E-state index is 0.212. The van der Waals surface area contributed by atoms with Crippen molar-refractivity contribution in [3.8, 4) is 0 Å². The van der Waals surface area contributed by atoms with Crippen LogP contribution < -0.4 is 0 Å². The van der Waals surface area contributed by atoms with E-state index in [1.165, 1.54) is 0 Å². The Labute approximate surface area is 111 Å². The number of rotatable bonds is 4. The van der Waals surface area contributed by atoms with Crippen LogP contribution in [0.5, 0.6) is 0 Å². The maximum absolute atomic E-state index is 13.3. The molecule has 0 aromatic carbocycles. The minimum atomic E-state index is -6.01. The molecule has 0 rings (SSSR count). The van der Waals surface area contributed by atoms with Crippen LogP contribution >= 0.6 is 0 Å². The average Bonchev–Trinajstić information content (AvgIpc) is 2.09. The number of alkyl halides is 10. The number of allylic oxidation sites excluding steroid dienone is 1. The van der Waals surface area contributed by atoms with Gasteiger partial charge in [-0.1, -0.05) is 6.08 Å². The standard InChI is InChI=1S/C10H9F11/c1-7(12,10(19,20)21)4-5(2-3-11)6(8(13,14)15)9(16,17)18/h2-3,5-6H,4H2,1H3/b3-2-. The molecule has 0 N–H and O–H groups in total. The van der Waals surface area contributed by atoms with E-state index in [0.717, 1.165) is 0 Å². The summed E-state index contributed by atoms with van der Waals surface area (Å²) in [6, 6.07) is 0. The molecule has 0 saturated heterocycles. The van der Waals surface area contributed by atoms with Crippen LogP contribution in [0, 0.1) is 11.8 Å². The normalized spacial score (nSPS) is 19.1. The zero-order valence-corrected chi connectivity index (χ0v) is 10.2. The lowest BCUT2D eigenvalue weighted by molar-refractivity contribution is -0.301. The first-order chi connectivity index (χ1) is 9.04. The Morgan fingerprint density at radius 1 is 0.810 bits per heavy atom. The molecule has 0 nitrogen and oxygen atoms in total. The lowest BCUT2D eigenvalue weighted by atomic mass is 9.82. The number of hydrogen-bond donors (Lipinski definition) is 0. The summed E-state index contributed by atoms with van der Waals surface area (Å²) in [5.74, 6) is -7.40. The van der Waals surface area contributed by atoms with Crippen LogP contribution in [-0.2, 0) is 0 Å². The highest BCUT2D eigenvalue weighted by Crippen LogP contribution is 2.49. The van der Waals surface area contributed by atoms with E-state index >= 15 is 0 Å². The monoisotopic (exact) mass is 338 g/mol. The van der Waals surface area contributed by atoms with Crippen LogP contribution in [0.1, 0.15) is 13.3 Å². The van der Waals surface area contributed by atoms with E-state index in [1.807, 2.05) is 0 Å². The quantitative estimate of drug-likeness (QED) is 0.593. The van der Waals surface area contributed by atoms with Gasteiger partial charge < -0.3 is 0 Å². The van der Waals surface area contributed by atoms with Gasteiger partial charge in [0.25, 0.3) is 0 Å². The molecule has 0 aliphatic carbocycles. The highest BCUT2D eigenvalue weighted by molar-refractivity contribution is 4.98. The third-order valence-electron chi connectivity index (χ3n) is 2.66. The minimum Gasteiger partial charge on any atom is -0.234 e. The molecule has 0 heterocycles. The molecular weight excluding hydrogens is 329 g/mol. The average molecular weight is 338 g/mol. The van der Waals surface area contributed by atoms with Gasteiger partial charge in [-0.25, -0.2) is 8.78 Å². The molecule has 2 unspecified atom stereocenters. The molecule has 126 valence electrons. The van der Waals surface area contributed by atoms with Gasteiger partial charge in [0, 0.05) is 5.92 Å². The highest BCUT2D eigenvalue weighted by Gasteiger charge is 2.62. The predicted molar refractivity (Wildman–Crippen MR) is 49.5 cm³/mol. The van der Waals surface area contributed by atoms with E-state index in [-0.39, 0.29) is 13.0 Å². The number of hydrogen-bond acceptors (Lipinski definition) is 0. The Kier molecular flexibility index (Phi) is 5.70. The van der Waals surface area contributed by atoms with Gasteiger partial charge in [-0.2, -0.15) is 39.5 Å². The molecule has 0 aromatic rings. The Hall–Kier alpha value is -1.03. The van der Waals surface area contributed by atoms with Crippen molar-refractivity contribution >= 4 is 0 Å². The van der Waals surface area contributed by atoms with E-state index in [2.05, 4.69) is 0 Å². The van der Waals surface area contributed by atoms with Gasteiger partial charge in [-0.05, 0) is 13.3 Å². The fourth-order valence-electron chi connectivity index (χ4n) is 1.62. The van der Waals surface area contributed by atoms with Gasteiger partial charge in [-0.3, -0.25) is 0 Å². The SMILES string of the molecule is CC(F)(CC(/C=C\F)C(C(F)(F)F)C(F)(F)F)C(F)(F)F. The fraction of sp³-hybridized carbons (Fsp3) is 0.800. The van der Waals surface area contributed by atoms with Crippen LogP contribution in [-0.4, -0.2) is 24.2 Å². The van der Waals surface area contributed by atoms with Crippen molar-refractivity contribution in [3.63, 3.8) is 0 Å². The van der Waals surface area contributed by atoms with Crippen LogP contribution in [0.4, 0.5) is 48.3 Å². The van der Waals surface area contributed by atoms with Crippen molar-refractivity contribution in [2.24, 2.45) is 11.8 Å². The van der Waals surface area contributed by atoms with E-state index < -0.39 is 48.8 Å². The molecule has 0 radical (unpaired) electrons. The summed E-state index contributed by atoms with van der Waals surface area (Å²) in [4.78, 5) is 0.